The summed E-state index contributed by atoms with van der Waals surface area (Å²) in [5.74, 6) is 0.120. The molecule has 1 atom stereocenters. The molecule has 0 unspecified atom stereocenters. The second-order valence-corrected chi connectivity index (χ2v) is 5.20. The summed E-state index contributed by atoms with van der Waals surface area (Å²) >= 11 is 0. The molecule has 2 rings (SSSR count). The summed E-state index contributed by atoms with van der Waals surface area (Å²) in [5, 5.41) is 0. The Hall–Kier alpha value is -1.29. The minimum Gasteiger partial charge on any atom is -0.351 e. The molecule has 0 spiro atoms. The van der Waals surface area contributed by atoms with Crippen LogP contribution in [0.5, 0.6) is 0 Å². The first kappa shape index (κ1) is 12.2. The number of nitrogens with zero attached hydrogens (tertiary/aromatic N) is 2. The monoisotopic (exact) mass is 235 g/mol. The SMILES string of the molecule is Cc1cn(C(C)C)cc1C(=O)N1CC[C@@H](N)C1. The fourth-order valence-corrected chi connectivity index (χ4v) is 2.25. The number of hydrogen-bond donors (Lipinski definition) is 1. The largest absolute Gasteiger partial charge is 0.351 e. The van der Waals surface area contributed by atoms with Gasteiger partial charge in [0.05, 0.1) is 5.56 Å². The molecule has 0 bridgehead atoms. The molecule has 0 radical (unpaired) electrons. The molecule has 4 nitrogen and oxygen atoms in total. The lowest BCUT2D eigenvalue weighted by Crippen LogP contribution is -2.32. The van der Waals surface area contributed by atoms with Crippen molar-refractivity contribution in [2.75, 3.05) is 13.1 Å². The van der Waals surface area contributed by atoms with Crippen LogP contribution in [-0.4, -0.2) is 34.5 Å². The van der Waals surface area contributed by atoms with E-state index in [0.717, 1.165) is 24.1 Å². The molecule has 2 heterocycles. The molecule has 94 valence electrons. The Morgan fingerprint density at radius 1 is 1.47 bits per heavy atom. The van der Waals surface area contributed by atoms with Crippen molar-refractivity contribution >= 4 is 5.91 Å². The number of nitrogens with two attached hydrogens (primary N) is 1. The number of rotatable bonds is 2. The van der Waals surface area contributed by atoms with Crippen LogP contribution in [0.4, 0.5) is 0 Å². The third-order valence-corrected chi connectivity index (χ3v) is 3.38. The molecular weight excluding hydrogens is 214 g/mol. The number of carbonyl (C=O) groups is 1. The summed E-state index contributed by atoms with van der Waals surface area (Å²) in [6.45, 7) is 7.68. The zero-order valence-electron chi connectivity index (χ0n) is 10.8. The Morgan fingerprint density at radius 2 is 2.18 bits per heavy atom. The van der Waals surface area contributed by atoms with Crippen LogP contribution in [0, 0.1) is 6.92 Å². The lowest BCUT2D eigenvalue weighted by Gasteiger charge is -2.15. The number of carbonyl (C=O) groups excluding carboxylic acids is 1. The van der Waals surface area contributed by atoms with Crippen molar-refractivity contribution < 1.29 is 4.79 Å². The van der Waals surface area contributed by atoms with Gasteiger partial charge in [-0.3, -0.25) is 4.79 Å². The molecule has 1 aromatic rings. The fraction of sp³-hybridized carbons (Fsp3) is 0.615. The summed E-state index contributed by atoms with van der Waals surface area (Å²) in [6, 6.07) is 0.530. The van der Waals surface area contributed by atoms with Crippen LogP contribution in [0.1, 0.15) is 42.2 Å². The number of amides is 1. The van der Waals surface area contributed by atoms with Crippen molar-refractivity contribution in [3.8, 4) is 0 Å². The molecule has 0 aromatic carbocycles. The quantitative estimate of drug-likeness (QED) is 0.845. The zero-order chi connectivity index (χ0) is 12.6. The van der Waals surface area contributed by atoms with Gasteiger partial charge in [-0.2, -0.15) is 0 Å². The van der Waals surface area contributed by atoms with Crippen LogP contribution >= 0.6 is 0 Å². The molecule has 1 saturated heterocycles. The third kappa shape index (κ3) is 2.36. The second kappa shape index (κ2) is 4.53. The van der Waals surface area contributed by atoms with E-state index in [1.165, 1.54) is 0 Å². The van der Waals surface area contributed by atoms with E-state index in [2.05, 4.69) is 18.4 Å². The summed E-state index contributed by atoms with van der Waals surface area (Å²) < 4.78 is 2.08. The zero-order valence-corrected chi connectivity index (χ0v) is 10.8. The van der Waals surface area contributed by atoms with Gasteiger partial charge < -0.3 is 15.2 Å². The predicted octanol–water partition coefficient (Wildman–Crippen LogP) is 1.55. The molecule has 1 fully saturated rings. The smallest absolute Gasteiger partial charge is 0.255 e. The maximum Gasteiger partial charge on any atom is 0.255 e. The normalized spacial score (nSPS) is 20.3. The Bertz CT molecular complexity index is 422. The highest BCUT2D eigenvalue weighted by molar-refractivity contribution is 5.95. The van der Waals surface area contributed by atoms with E-state index in [4.69, 9.17) is 5.73 Å². The van der Waals surface area contributed by atoms with Crippen molar-refractivity contribution in [3.63, 3.8) is 0 Å². The molecule has 0 aliphatic carbocycles. The molecular formula is C13H21N3O. The van der Waals surface area contributed by atoms with E-state index in [-0.39, 0.29) is 11.9 Å². The number of aromatic nitrogens is 1. The Morgan fingerprint density at radius 3 is 2.65 bits per heavy atom. The Balaban J connectivity index is 2.19. The van der Waals surface area contributed by atoms with Crippen LogP contribution in [0.2, 0.25) is 0 Å². The van der Waals surface area contributed by atoms with Gasteiger partial charge in [-0.15, -0.1) is 0 Å². The van der Waals surface area contributed by atoms with Crippen LogP contribution in [0.3, 0.4) is 0 Å². The van der Waals surface area contributed by atoms with Gasteiger partial charge in [0.2, 0.25) is 0 Å². The minimum absolute atomic E-state index is 0.120. The second-order valence-electron chi connectivity index (χ2n) is 5.20. The first-order chi connectivity index (χ1) is 7.99. The van der Waals surface area contributed by atoms with Crippen LogP contribution < -0.4 is 5.73 Å². The van der Waals surface area contributed by atoms with Gasteiger partial charge in [-0.1, -0.05) is 0 Å². The van der Waals surface area contributed by atoms with E-state index in [1.54, 1.807) is 0 Å². The third-order valence-electron chi connectivity index (χ3n) is 3.38. The lowest BCUT2D eigenvalue weighted by molar-refractivity contribution is 0.0790. The van der Waals surface area contributed by atoms with Crippen LogP contribution in [-0.2, 0) is 0 Å². The van der Waals surface area contributed by atoms with Gasteiger partial charge in [0.1, 0.15) is 0 Å². The van der Waals surface area contributed by atoms with Gasteiger partial charge in [-0.25, -0.2) is 0 Å². The van der Waals surface area contributed by atoms with E-state index in [0.29, 0.717) is 12.6 Å². The molecule has 0 saturated carbocycles. The van der Waals surface area contributed by atoms with Crippen molar-refractivity contribution in [3.05, 3.63) is 23.5 Å². The van der Waals surface area contributed by atoms with Crippen molar-refractivity contribution in [1.82, 2.24) is 9.47 Å². The molecule has 1 aliphatic rings. The Labute approximate surface area is 102 Å². The van der Waals surface area contributed by atoms with E-state index >= 15 is 0 Å². The number of aryl methyl sites for hydroxylation is 1. The maximum absolute atomic E-state index is 12.3. The van der Waals surface area contributed by atoms with Gasteiger partial charge in [0.15, 0.2) is 0 Å². The standard InChI is InChI=1S/C13H21N3O/c1-9(2)16-6-10(3)12(8-16)13(17)15-5-4-11(14)7-15/h6,8-9,11H,4-5,7,14H2,1-3H3/t11-/m1/s1. The van der Waals surface area contributed by atoms with E-state index in [1.807, 2.05) is 24.2 Å². The van der Waals surface area contributed by atoms with Gasteiger partial charge in [0, 0.05) is 37.6 Å². The average molecular weight is 235 g/mol. The van der Waals surface area contributed by atoms with Gasteiger partial charge in [0.25, 0.3) is 5.91 Å². The summed E-state index contributed by atoms with van der Waals surface area (Å²) in [6.07, 6.45) is 4.90. The first-order valence-electron chi connectivity index (χ1n) is 6.22. The molecule has 2 N–H and O–H groups in total. The maximum atomic E-state index is 12.3. The minimum atomic E-state index is 0.120. The van der Waals surface area contributed by atoms with Crippen molar-refractivity contribution in [1.29, 1.82) is 0 Å². The molecule has 1 aliphatic heterocycles. The topological polar surface area (TPSA) is 51.3 Å². The average Bonchev–Trinajstić information content (AvgIpc) is 2.84. The molecule has 17 heavy (non-hydrogen) atoms. The first-order valence-corrected chi connectivity index (χ1v) is 6.22. The van der Waals surface area contributed by atoms with Gasteiger partial charge >= 0.3 is 0 Å². The van der Waals surface area contributed by atoms with Crippen molar-refractivity contribution in [2.24, 2.45) is 5.73 Å². The molecule has 1 amide bonds. The Kier molecular flexibility index (Phi) is 3.24. The van der Waals surface area contributed by atoms with Gasteiger partial charge in [-0.05, 0) is 32.8 Å². The summed E-state index contributed by atoms with van der Waals surface area (Å²) in [4.78, 5) is 14.2. The van der Waals surface area contributed by atoms with Crippen LogP contribution in [0.15, 0.2) is 12.4 Å². The molecule has 4 heteroatoms. The summed E-state index contributed by atoms with van der Waals surface area (Å²) in [5.41, 5.74) is 7.69. The predicted molar refractivity (Wildman–Crippen MR) is 68.0 cm³/mol. The highest BCUT2D eigenvalue weighted by Crippen LogP contribution is 2.18. The molecule has 1 aromatic heterocycles. The highest BCUT2D eigenvalue weighted by Gasteiger charge is 2.26. The van der Waals surface area contributed by atoms with Crippen LogP contribution in [0.25, 0.3) is 0 Å². The van der Waals surface area contributed by atoms with E-state index < -0.39 is 0 Å². The van der Waals surface area contributed by atoms with E-state index in [9.17, 15) is 4.79 Å². The summed E-state index contributed by atoms with van der Waals surface area (Å²) in [7, 11) is 0. The lowest BCUT2D eigenvalue weighted by atomic mass is 10.2. The van der Waals surface area contributed by atoms with Crippen molar-refractivity contribution in [2.45, 2.75) is 39.3 Å². The number of hydrogen-bond acceptors (Lipinski definition) is 2. The fourth-order valence-electron chi connectivity index (χ4n) is 2.25. The highest BCUT2D eigenvalue weighted by atomic mass is 16.2. The number of likely N-dealkylation sites (tertiary alicyclic amines) is 1.